The Labute approximate surface area is 354 Å². The molecule has 316 valence electrons. The molecule has 5 heterocycles. The van der Waals surface area contributed by atoms with E-state index in [4.69, 9.17) is 21.3 Å². The lowest BCUT2D eigenvalue weighted by Gasteiger charge is -2.33. The highest BCUT2D eigenvalue weighted by molar-refractivity contribution is 6.33. The SMILES string of the molecule is Cn1ncc(-c2nc(N[C@H]3CC[C@H](NCCOc4ccc(CN5CCC(c6cc(F)cc7c6CN(C6CCC(=O)NC6=O)C7=O)CC5)cc4)CC3)ncc2Cl)c1CC1CC1. The summed E-state index contributed by atoms with van der Waals surface area (Å²) in [4.78, 5) is 50.8. The number of aromatic nitrogens is 4. The smallest absolute Gasteiger partial charge is 0.255 e. The van der Waals surface area contributed by atoms with Gasteiger partial charge in [-0.05, 0) is 130 Å². The van der Waals surface area contributed by atoms with Gasteiger partial charge in [0.2, 0.25) is 17.8 Å². The molecule has 3 amide bonds. The van der Waals surface area contributed by atoms with E-state index in [1.807, 2.05) is 30.1 Å². The van der Waals surface area contributed by atoms with E-state index in [1.165, 1.54) is 35.1 Å². The highest BCUT2D eigenvalue weighted by Crippen LogP contribution is 2.39. The Kier molecular flexibility index (Phi) is 11.9. The zero-order chi connectivity index (χ0) is 41.3. The topological polar surface area (TPSA) is 147 Å². The van der Waals surface area contributed by atoms with Gasteiger partial charge in [-0.25, -0.2) is 14.4 Å². The number of nitrogens with zero attached hydrogens (tertiary/aromatic N) is 6. The minimum absolute atomic E-state index is 0.122. The standard InChI is InChI=1S/C45H53ClFN9O4/c1-54-40(20-27-2-3-27)36(23-50-54)42-38(46)24-49-45(53-42)51-32-8-6-31(7-9-32)48-16-19-60-33-10-4-28(5-11-33)25-55-17-14-29(15-18-55)34-21-30(47)22-35-37(34)26-56(44(35)59)39-12-13-41(57)52-43(39)58/h4-5,10-11,21-24,27,29,31-32,39,48H,2-3,6-9,12-20,25-26H2,1H3,(H,49,51,53)(H,52,57,58)/t31-,32-,39?. The molecule has 2 aromatic heterocycles. The molecular formula is C45H53ClFN9O4. The van der Waals surface area contributed by atoms with Crippen LogP contribution in [-0.4, -0.2) is 91.6 Å². The monoisotopic (exact) mass is 837 g/mol. The lowest BCUT2D eigenvalue weighted by molar-refractivity contribution is -0.136. The molecule has 0 spiro atoms. The molecule has 0 radical (unpaired) electrons. The van der Waals surface area contributed by atoms with Crippen molar-refractivity contribution in [2.45, 2.75) is 108 Å². The quantitative estimate of drug-likeness (QED) is 0.0999. The number of hydrogen-bond donors (Lipinski definition) is 3. The Hall–Kier alpha value is -4.92. The first-order valence-electron chi connectivity index (χ1n) is 21.6. The highest BCUT2D eigenvalue weighted by Gasteiger charge is 2.41. The molecule has 2 aliphatic carbocycles. The van der Waals surface area contributed by atoms with Gasteiger partial charge < -0.3 is 20.3 Å². The number of aryl methyl sites for hydroxylation is 1. The lowest BCUT2D eigenvalue weighted by atomic mass is 9.85. The molecule has 4 aromatic rings. The van der Waals surface area contributed by atoms with Gasteiger partial charge in [0, 0.05) is 62.0 Å². The fraction of sp³-hybridized carbons (Fsp3) is 0.511. The minimum atomic E-state index is -0.718. The fourth-order valence-electron chi connectivity index (χ4n) is 9.55. The zero-order valence-electron chi connectivity index (χ0n) is 34.1. The van der Waals surface area contributed by atoms with Crippen LogP contribution in [-0.2, 0) is 36.1 Å². The minimum Gasteiger partial charge on any atom is -0.492 e. The van der Waals surface area contributed by atoms with E-state index in [0.29, 0.717) is 35.2 Å². The number of imide groups is 1. The van der Waals surface area contributed by atoms with E-state index >= 15 is 0 Å². The van der Waals surface area contributed by atoms with E-state index in [2.05, 4.69) is 43.1 Å². The molecule has 5 aliphatic rings. The van der Waals surface area contributed by atoms with Crippen molar-refractivity contribution in [1.29, 1.82) is 0 Å². The molecule has 9 rings (SSSR count). The van der Waals surface area contributed by atoms with Crippen LogP contribution in [0.25, 0.3) is 11.3 Å². The summed E-state index contributed by atoms with van der Waals surface area (Å²) in [6, 6.07) is 11.2. The van der Waals surface area contributed by atoms with Crippen molar-refractivity contribution < 1.29 is 23.5 Å². The molecule has 60 heavy (non-hydrogen) atoms. The Morgan fingerprint density at radius 1 is 0.933 bits per heavy atom. The van der Waals surface area contributed by atoms with Crippen LogP contribution < -0.4 is 20.7 Å². The molecule has 15 heteroatoms. The van der Waals surface area contributed by atoms with Gasteiger partial charge in [0.1, 0.15) is 24.2 Å². The van der Waals surface area contributed by atoms with Crippen LogP contribution in [0.15, 0.2) is 48.8 Å². The molecule has 1 unspecified atom stereocenters. The third kappa shape index (κ3) is 9.06. The number of rotatable bonds is 14. The Morgan fingerprint density at radius 3 is 2.45 bits per heavy atom. The number of piperidine rings is 2. The molecule has 3 N–H and O–H groups in total. The maximum Gasteiger partial charge on any atom is 0.255 e. The first kappa shape index (κ1) is 40.5. The van der Waals surface area contributed by atoms with Gasteiger partial charge in [-0.1, -0.05) is 23.7 Å². The number of hydrogen-bond acceptors (Lipinski definition) is 10. The van der Waals surface area contributed by atoms with Gasteiger partial charge in [0.05, 0.1) is 23.1 Å². The predicted octanol–water partition coefficient (Wildman–Crippen LogP) is 6.15. The van der Waals surface area contributed by atoms with Crippen molar-refractivity contribution in [2.24, 2.45) is 13.0 Å². The Morgan fingerprint density at radius 2 is 1.70 bits per heavy atom. The summed E-state index contributed by atoms with van der Waals surface area (Å²) in [5.41, 5.74) is 6.15. The van der Waals surface area contributed by atoms with E-state index in [9.17, 15) is 18.8 Å². The normalized spacial score (nSPS) is 22.6. The molecule has 2 aromatic carbocycles. The lowest BCUT2D eigenvalue weighted by Crippen LogP contribution is -2.52. The third-order valence-electron chi connectivity index (χ3n) is 13.1. The number of fused-ring (bicyclic) bond motifs is 1. The van der Waals surface area contributed by atoms with Crippen LogP contribution in [0.1, 0.15) is 103 Å². The average Bonchev–Trinajstić information content (AvgIpc) is 3.92. The van der Waals surface area contributed by atoms with E-state index in [0.717, 1.165) is 105 Å². The van der Waals surface area contributed by atoms with Crippen LogP contribution >= 0.6 is 11.6 Å². The maximum absolute atomic E-state index is 14.9. The largest absolute Gasteiger partial charge is 0.492 e. The van der Waals surface area contributed by atoms with Crippen LogP contribution in [0.5, 0.6) is 5.75 Å². The number of halogens is 2. The van der Waals surface area contributed by atoms with Crippen LogP contribution in [0.4, 0.5) is 10.3 Å². The van der Waals surface area contributed by atoms with Crippen molar-refractivity contribution in [3.05, 3.63) is 87.6 Å². The second-order valence-corrected chi connectivity index (χ2v) is 17.7. The van der Waals surface area contributed by atoms with Crippen molar-refractivity contribution in [1.82, 2.24) is 40.2 Å². The maximum atomic E-state index is 14.9. The predicted molar refractivity (Wildman–Crippen MR) is 225 cm³/mol. The first-order valence-corrected chi connectivity index (χ1v) is 22.0. The zero-order valence-corrected chi connectivity index (χ0v) is 34.9. The molecular weight excluding hydrogens is 785 g/mol. The number of anilines is 1. The summed E-state index contributed by atoms with van der Waals surface area (Å²) < 4.78 is 22.9. The molecule has 2 saturated heterocycles. The van der Waals surface area contributed by atoms with E-state index < -0.39 is 17.8 Å². The number of likely N-dealkylation sites (tertiary alicyclic amines) is 1. The van der Waals surface area contributed by atoms with Crippen molar-refractivity contribution in [3.63, 3.8) is 0 Å². The second-order valence-electron chi connectivity index (χ2n) is 17.3. The number of carbonyl (C=O) groups is 3. The van der Waals surface area contributed by atoms with Gasteiger partial charge in [0.15, 0.2) is 0 Å². The molecule has 13 nitrogen and oxygen atoms in total. The number of ether oxygens (including phenoxy) is 1. The van der Waals surface area contributed by atoms with Crippen LogP contribution in [0.3, 0.4) is 0 Å². The first-order chi connectivity index (χ1) is 29.1. The molecule has 4 fully saturated rings. The van der Waals surface area contributed by atoms with Crippen molar-refractivity contribution in [3.8, 4) is 17.0 Å². The Balaban J connectivity index is 0.690. The molecule has 3 aliphatic heterocycles. The van der Waals surface area contributed by atoms with Gasteiger partial charge in [0.25, 0.3) is 5.91 Å². The van der Waals surface area contributed by atoms with Crippen LogP contribution in [0.2, 0.25) is 5.02 Å². The number of nitrogens with one attached hydrogen (secondary N) is 3. The van der Waals surface area contributed by atoms with Crippen LogP contribution in [0, 0.1) is 11.7 Å². The molecule has 0 bridgehead atoms. The van der Waals surface area contributed by atoms with E-state index in [-0.39, 0.29) is 37.1 Å². The summed E-state index contributed by atoms with van der Waals surface area (Å²) in [5.74, 6) is 0.754. The third-order valence-corrected chi connectivity index (χ3v) is 13.4. The van der Waals surface area contributed by atoms with E-state index in [1.54, 1.807) is 12.3 Å². The molecule has 1 atom stereocenters. The number of benzene rings is 2. The fourth-order valence-corrected chi connectivity index (χ4v) is 9.74. The summed E-state index contributed by atoms with van der Waals surface area (Å²) in [7, 11) is 1.99. The average molecular weight is 838 g/mol. The van der Waals surface area contributed by atoms with Gasteiger partial charge >= 0.3 is 0 Å². The van der Waals surface area contributed by atoms with Crippen molar-refractivity contribution in [2.75, 3.05) is 31.6 Å². The van der Waals surface area contributed by atoms with Gasteiger partial charge in [-0.3, -0.25) is 29.3 Å². The van der Waals surface area contributed by atoms with Gasteiger partial charge in [-0.2, -0.15) is 5.10 Å². The second kappa shape index (κ2) is 17.6. The highest BCUT2D eigenvalue weighted by atomic mass is 35.5. The summed E-state index contributed by atoms with van der Waals surface area (Å²) in [5, 5.41) is 14.6. The summed E-state index contributed by atoms with van der Waals surface area (Å²) in [6.45, 7) is 4.14. The summed E-state index contributed by atoms with van der Waals surface area (Å²) in [6.07, 6.45) is 13.4. The van der Waals surface area contributed by atoms with Crippen molar-refractivity contribution >= 4 is 35.3 Å². The number of amides is 3. The molecule has 2 saturated carbocycles. The summed E-state index contributed by atoms with van der Waals surface area (Å²) >= 11 is 6.59. The number of carbonyl (C=O) groups excluding carboxylic acids is 3. The van der Waals surface area contributed by atoms with Gasteiger partial charge in [-0.15, -0.1) is 0 Å². The Bertz CT molecular complexity index is 2230.